The van der Waals surface area contributed by atoms with E-state index < -0.39 is 0 Å². The topological polar surface area (TPSA) is 35.6 Å². The Morgan fingerprint density at radius 3 is 2.60 bits per heavy atom. The summed E-state index contributed by atoms with van der Waals surface area (Å²) in [6.07, 6.45) is 1.95. The summed E-state index contributed by atoms with van der Waals surface area (Å²) in [6, 6.07) is 14.2. The molecular weight excluding hydrogens is 317 g/mol. The molecule has 0 aromatic heterocycles. The van der Waals surface area contributed by atoms with Crippen LogP contribution >= 0.6 is 0 Å². The van der Waals surface area contributed by atoms with Crippen LogP contribution in [0.1, 0.15) is 23.2 Å². The zero-order valence-electron chi connectivity index (χ0n) is 14.7. The molecule has 0 bridgehead atoms. The standard InChI is InChI=1S/C20H24FN3O/c1-23(2)19-8-4-3-7-18(19)20(25)24-13-5-6-17(14-24)22-16-11-9-15(21)10-12-16/h3-4,7-12,17,22H,5-6,13-14H2,1-2H3. The number of rotatable bonds is 4. The van der Waals surface area contributed by atoms with Crippen molar-refractivity contribution in [3.8, 4) is 0 Å². The zero-order chi connectivity index (χ0) is 17.8. The largest absolute Gasteiger partial charge is 0.381 e. The number of hydrogen-bond acceptors (Lipinski definition) is 3. The van der Waals surface area contributed by atoms with Crippen LogP contribution in [0.4, 0.5) is 15.8 Å². The fourth-order valence-electron chi connectivity index (χ4n) is 3.28. The number of carbonyl (C=O) groups is 1. The number of anilines is 2. The Morgan fingerprint density at radius 1 is 1.16 bits per heavy atom. The van der Waals surface area contributed by atoms with Crippen LogP contribution < -0.4 is 10.2 Å². The summed E-state index contributed by atoms with van der Waals surface area (Å²) in [5, 5.41) is 3.41. The molecule has 1 saturated heterocycles. The summed E-state index contributed by atoms with van der Waals surface area (Å²) in [5.74, 6) is -0.179. The highest BCUT2D eigenvalue weighted by molar-refractivity contribution is 5.99. The number of likely N-dealkylation sites (tertiary alicyclic amines) is 1. The normalized spacial score (nSPS) is 17.2. The first-order valence-corrected chi connectivity index (χ1v) is 8.62. The highest BCUT2D eigenvalue weighted by atomic mass is 19.1. The van der Waals surface area contributed by atoms with Gasteiger partial charge in [-0.2, -0.15) is 0 Å². The van der Waals surface area contributed by atoms with Crippen LogP contribution in [0.25, 0.3) is 0 Å². The van der Waals surface area contributed by atoms with Crippen LogP contribution in [0, 0.1) is 5.82 Å². The van der Waals surface area contributed by atoms with E-state index in [9.17, 15) is 9.18 Å². The predicted molar refractivity (Wildman–Crippen MR) is 99.7 cm³/mol. The molecular formula is C20H24FN3O. The minimum atomic E-state index is -0.244. The van der Waals surface area contributed by atoms with E-state index in [2.05, 4.69) is 5.32 Å². The molecule has 2 aromatic carbocycles. The number of carbonyl (C=O) groups excluding carboxylic acids is 1. The smallest absolute Gasteiger partial charge is 0.256 e. The summed E-state index contributed by atoms with van der Waals surface area (Å²) in [6.45, 7) is 1.42. The molecule has 2 aromatic rings. The molecule has 1 N–H and O–H groups in total. The Morgan fingerprint density at radius 2 is 1.88 bits per heavy atom. The lowest BCUT2D eigenvalue weighted by atomic mass is 10.0. The van der Waals surface area contributed by atoms with Crippen LogP contribution in [-0.2, 0) is 0 Å². The van der Waals surface area contributed by atoms with Crippen molar-refractivity contribution in [2.45, 2.75) is 18.9 Å². The fourth-order valence-corrected chi connectivity index (χ4v) is 3.28. The maximum absolute atomic E-state index is 13.0. The second-order valence-corrected chi connectivity index (χ2v) is 6.65. The van der Waals surface area contributed by atoms with Gasteiger partial charge in [-0.15, -0.1) is 0 Å². The van der Waals surface area contributed by atoms with Gasteiger partial charge in [-0.1, -0.05) is 12.1 Å². The van der Waals surface area contributed by atoms with Crippen LogP contribution in [0.5, 0.6) is 0 Å². The summed E-state index contributed by atoms with van der Waals surface area (Å²) in [7, 11) is 3.89. The van der Waals surface area contributed by atoms with Crippen molar-refractivity contribution in [3.63, 3.8) is 0 Å². The lowest BCUT2D eigenvalue weighted by Crippen LogP contribution is -2.45. The van der Waals surface area contributed by atoms with Crippen molar-refractivity contribution in [3.05, 3.63) is 59.9 Å². The van der Waals surface area contributed by atoms with Gasteiger partial charge in [-0.3, -0.25) is 4.79 Å². The first kappa shape index (κ1) is 17.3. The molecule has 1 amide bonds. The molecule has 25 heavy (non-hydrogen) atoms. The molecule has 1 heterocycles. The molecule has 1 unspecified atom stereocenters. The van der Waals surface area contributed by atoms with Gasteiger partial charge in [0.1, 0.15) is 5.82 Å². The van der Waals surface area contributed by atoms with Gasteiger partial charge >= 0.3 is 0 Å². The van der Waals surface area contributed by atoms with Gasteiger partial charge in [0.2, 0.25) is 0 Å². The highest BCUT2D eigenvalue weighted by Crippen LogP contribution is 2.23. The fraction of sp³-hybridized carbons (Fsp3) is 0.350. The van der Waals surface area contributed by atoms with Crippen molar-refractivity contribution in [1.82, 2.24) is 4.90 Å². The lowest BCUT2D eigenvalue weighted by Gasteiger charge is -2.34. The number of piperidine rings is 1. The monoisotopic (exact) mass is 341 g/mol. The SMILES string of the molecule is CN(C)c1ccccc1C(=O)N1CCCC(Nc2ccc(F)cc2)C1. The third-order valence-electron chi connectivity index (χ3n) is 4.54. The van der Waals surface area contributed by atoms with Crippen LogP contribution in [0.3, 0.4) is 0 Å². The van der Waals surface area contributed by atoms with E-state index in [1.54, 1.807) is 12.1 Å². The number of halogens is 1. The van der Waals surface area contributed by atoms with Crippen molar-refractivity contribution in [2.24, 2.45) is 0 Å². The van der Waals surface area contributed by atoms with Crippen molar-refractivity contribution < 1.29 is 9.18 Å². The van der Waals surface area contributed by atoms with E-state index >= 15 is 0 Å². The molecule has 1 fully saturated rings. The van der Waals surface area contributed by atoms with Crippen LogP contribution in [0.15, 0.2) is 48.5 Å². The van der Waals surface area contributed by atoms with E-state index in [1.165, 1.54) is 12.1 Å². The number of hydrogen-bond donors (Lipinski definition) is 1. The number of para-hydroxylation sites is 1. The Kier molecular flexibility index (Phi) is 5.22. The summed E-state index contributed by atoms with van der Waals surface area (Å²) < 4.78 is 13.0. The first-order chi connectivity index (χ1) is 12.0. The molecule has 3 rings (SSSR count). The van der Waals surface area contributed by atoms with Gasteiger partial charge in [-0.25, -0.2) is 4.39 Å². The van der Waals surface area contributed by atoms with E-state index in [1.807, 2.05) is 48.2 Å². The molecule has 0 spiro atoms. The van der Waals surface area contributed by atoms with Gasteiger partial charge in [0.25, 0.3) is 5.91 Å². The maximum atomic E-state index is 13.0. The minimum Gasteiger partial charge on any atom is -0.381 e. The van der Waals surface area contributed by atoms with E-state index in [0.717, 1.165) is 36.3 Å². The molecule has 4 nitrogen and oxygen atoms in total. The molecule has 5 heteroatoms. The molecule has 1 atom stereocenters. The number of amides is 1. The summed E-state index contributed by atoms with van der Waals surface area (Å²) in [5.41, 5.74) is 2.55. The number of nitrogens with zero attached hydrogens (tertiary/aromatic N) is 2. The zero-order valence-corrected chi connectivity index (χ0v) is 14.7. The van der Waals surface area contributed by atoms with Gasteiger partial charge in [0, 0.05) is 44.6 Å². The molecule has 0 aliphatic carbocycles. The second kappa shape index (κ2) is 7.55. The third-order valence-corrected chi connectivity index (χ3v) is 4.54. The molecule has 1 aliphatic rings. The average molecular weight is 341 g/mol. The summed E-state index contributed by atoms with van der Waals surface area (Å²) >= 11 is 0. The molecule has 1 aliphatic heterocycles. The number of benzene rings is 2. The average Bonchev–Trinajstić information content (AvgIpc) is 2.63. The van der Waals surface area contributed by atoms with E-state index in [0.29, 0.717) is 6.54 Å². The predicted octanol–water partition coefficient (Wildman–Crippen LogP) is 3.61. The lowest BCUT2D eigenvalue weighted by molar-refractivity contribution is 0.0715. The van der Waals surface area contributed by atoms with Gasteiger partial charge < -0.3 is 15.1 Å². The van der Waals surface area contributed by atoms with E-state index in [4.69, 9.17) is 0 Å². The Labute approximate surface area is 148 Å². The molecule has 0 radical (unpaired) electrons. The molecule has 132 valence electrons. The maximum Gasteiger partial charge on any atom is 0.256 e. The minimum absolute atomic E-state index is 0.0647. The second-order valence-electron chi connectivity index (χ2n) is 6.65. The Bertz CT molecular complexity index is 730. The van der Waals surface area contributed by atoms with Gasteiger partial charge in [0.15, 0.2) is 0 Å². The van der Waals surface area contributed by atoms with Crippen molar-refractivity contribution in [1.29, 1.82) is 0 Å². The van der Waals surface area contributed by atoms with Gasteiger partial charge in [0.05, 0.1) is 5.56 Å². The highest BCUT2D eigenvalue weighted by Gasteiger charge is 2.26. The van der Waals surface area contributed by atoms with Crippen LogP contribution in [0.2, 0.25) is 0 Å². The Balaban J connectivity index is 1.71. The first-order valence-electron chi connectivity index (χ1n) is 8.62. The third kappa shape index (κ3) is 4.10. The Hall–Kier alpha value is -2.56. The quantitative estimate of drug-likeness (QED) is 0.923. The van der Waals surface area contributed by atoms with E-state index in [-0.39, 0.29) is 17.8 Å². The summed E-state index contributed by atoms with van der Waals surface area (Å²) in [4.78, 5) is 16.9. The van der Waals surface area contributed by atoms with Crippen molar-refractivity contribution >= 4 is 17.3 Å². The van der Waals surface area contributed by atoms with Gasteiger partial charge in [-0.05, 0) is 49.2 Å². The number of nitrogens with one attached hydrogen (secondary N) is 1. The molecule has 0 saturated carbocycles. The van der Waals surface area contributed by atoms with Crippen LogP contribution in [-0.4, -0.2) is 44.0 Å². The van der Waals surface area contributed by atoms with Crippen molar-refractivity contribution in [2.75, 3.05) is 37.4 Å².